The second-order valence-corrected chi connectivity index (χ2v) is 14.2. The van der Waals surface area contributed by atoms with Crippen molar-refractivity contribution in [1.29, 1.82) is 0 Å². The number of aliphatic hydroxyl groups is 1. The van der Waals surface area contributed by atoms with Crippen molar-refractivity contribution in [1.82, 2.24) is 0 Å². The number of aliphatic hydroxyl groups excluding tert-OH is 1. The van der Waals surface area contributed by atoms with E-state index in [1.807, 2.05) is 24.3 Å². The number of likely N-dealkylation sites (N-methyl/N-ethyl adjacent to an activating group) is 1. The van der Waals surface area contributed by atoms with Crippen LogP contribution in [0.1, 0.15) is 82.6 Å². The lowest BCUT2D eigenvalue weighted by Crippen LogP contribution is -2.78. The van der Waals surface area contributed by atoms with E-state index in [1.54, 1.807) is 6.08 Å². The number of carboxylic acid groups (broad SMARTS) is 1. The topological polar surface area (TPSA) is 94.5 Å². The van der Waals surface area contributed by atoms with Gasteiger partial charge in [-0.3, -0.25) is 9.59 Å². The zero-order valence-corrected chi connectivity index (χ0v) is 29.1. The van der Waals surface area contributed by atoms with Crippen LogP contribution in [0.2, 0.25) is 0 Å². The van der Waals surface area contributed by atoms with Gasteiger partial charge in [0, 0.05) is 46.3 Å². The SMILES string of the molecule is C=C(/C=C1\C(=O)C(/C=C2/N(CC)c3ccc4ccccc4c3C2(C)C)=C1O)C(C)(C)c1c([NH2+]CCCCCC(=O)O)ccc2c1C=C=C=C2. The third-order valence-electron chi connectivity index (χ3n) is 10.4. The van der Waals surface area contributed by atoms with Crippen LogP contribution in [0.5, 0.6) is 0 Å². The number of ketones is 1. The molecule has 6 rings (SSSR count). The average molecular weight is 654 g/mol. The molecule has 0 aromatic heterocycles. The molecule has 1 heterocycles. The third kappa shape index (κ3) is 5.94. The number of aliphatic carboxylic acids is 1. The Bertz CT molecular complexity index is 2110. The highest BCUT2D eigenvalue weighted by Crippen LogP contribution is 2.51. The van der Waals surface area contributed by atoms with Crippen LogP contribution < -0.4 is 10.2 Å². The van der Waals surface area contributed by atoms with Gasteiger partial charge in [-0.1, -0.05) is 76.1 Å². The summed E-state index contributed by atoms with van der Waals surface area (Å²) in [6, 6.07) is 16.9. The minimum absolute atomic E-state index is 0.00360. The summed E-state index contributed by atoms with van der Waals surface area (Å²) in [4.78, 5) is 26.9. The Labute approximate surface area is 288 Å². The molecule has 1 aliphatic heterocycles. The van der Waals surface area contributed by atoms with Crippen molar-refractivity contribution >= 4 is 46.1 Å². The molecular weight excluding hydrogens is 608 g/mol. The maximum absolute atomic E-state index is 13.8. The van der Waals surface area contributed by atoms with Gasteiger partial charge < -0.3 is 20.4 Å². The van der Waals surface area contributed by atoms with E-state index < -0.39 is 11.4 Å². The number of hydrogen-bond donors (Lipinski definition) is 3. The Morgan fingerprint density at radius 3 is 2.53 bits per heavy atom. The zero-order valence-electron chi connectivity index (χ0n) is 29.1. The summed E-state index contributed by atoms with van der Waals surface area (Å²) in [7, 11) is 0. The molecule has 6 heteroatoms. The van der Waals surface area contributed by atoms with Gasteiger partial charge in [-0.15, -0.1) is 0 Å². The molecule has 0 unspecified atom stereocenters. The first-order valence-electron chi connectivity index (χ1n) is 17.2. The van der Waals surface area contributed by atoms with Gasteiger partial charge in [0.15, 0.2) is 0 Å². The number of carbonyl (C=O) groups excluding carboxylic acids is 1. The second kappa shape index (κ2) is 13.1. The molecule has 3 aromatic carbocycles. The van der Waals surface area contributed by atoms with E-state index in [4.69, 9.17) is 5.11 Å². The van der Waals surface area contributed by atoms with Crippen LogP contribution >= 0.6 is 0 Å². The Balaban J connectivity index is 1.30. The summed E-state index contributed by atoms with van der Waals surface area (Å²) in [5.41, 5.74) is 14.0. The lowest BCUT2D eigenvalue weighted by atomic mass is 9.72. The van der Waals surface area contributed by atoms with Gasteiger partial charge in [0.05, 0.1) is 17.7 Å². The maximum atomic E-state index is 13.8. The first-order valence-corrected chi connectivity index (χ1v) is 17.2. The molecular formula is C43H45N2O4+. The fourth-order valence-corrected chi connectivity index (χ4v) is 7.59. The van der Waals surface area contributed by atoms with Crippen LogP contribution in [0, 0.1) is 0 Å². The van der Waals surface area contributed by atoms with Crippen LogP contribution in [0.25, 0.3) is 22.9 Å². The number of Topliss-reactive ketones (excluding diaryl/α,β-unsaturated/α-hetero) is 1. The Morgan fingerprint density at radius 2 is 1.80 bits per heavy atom. The second-order valence-electron chi connectivity index (χ2n) is 14.2. The highest BCUT2D eigenvalue weighted by Gasteiger charge is 2.43. The molecule has 4 N–H and O–H groups in total. The lowest BCUT2D eigenvalue weighted by molar-refractivity contribution is -0.572. The number of carboxylic acids is 1. The Hall–Kier alpha value is -5.12. The number of carbonyl (C=O) groups is 2. The quantitative estimate of drug-likeness (QED) is 0.0619. The van der Waals surface area contributed by atoms with Gasteiger partial charge in [0.2, 0.25) is 5.78 Å². The molecule has 250 valence electrons. The number of benzene rings is 3. The number of unbranched alkanes of at least 4 members (excludes halogenated alkanes) is 2. The number of quaternary nitrogens is 1. The monoisotopic (exact) mass is 653 g/mol. The van der Waals surface area contributed by atoms with Crippen LogP contribution in [-0.4, -0.2) is 35.1 Å². The molecule has 0 fully saturated rings. The minimum Gasteiger partial charge on any atom is -0.506 e. The summed E-state index contributed by atoms with van der Waals surface area (Å²) in [6.45, 7) is 16.7. The van der Waals surface area contributed by atoms with E-state index in [0.717, 1.165) is 59.7 Å². The van der Waals surface area contributed by atoms with E-state index in [-0.39, 0.29) is 29.0 Å². The number of allylic oxidation sites excluding steroid dienone is 6. The van der Waals surface area contributed by atoms with Crippen molar-refractivity contribution in [3.8, 4) is 0 Å². The number of fused-ring (bicyclic) bond motifs is 4. The lowest BCUT2D eigenvalue weighted by Gasteiger charge is -2.32. The highest BCUT2D eigenvalue weighted by atomic mass is 16.4. The maximum Gasteiger partial charge on any atom is 0.303 e. The van der Waals surface area contributed by atoms with E-state index in [0.29, 0.717) is 17.6 Å². The molecule has 0 atom stereocenters. The van der Waals surface area contributed by atoms with Crippen molar-refractivity contribution < 1.29 is 25.1 Å². The minimum atomic E-state index is -0.762. The van der Waals surface area contributed by atoms with Gasteiger partial charge in [0.1, 0.15) is 11.4 Å². The smallest absolute Gasteiger partial charge is 0.303 e. The molecule has 0 saturated heterocycles. The zero-order chi connectivity index (χ0) is 35.1. The number of rotatable bonds is 12. The Kier molecular flexibility index (Phi) is 9.00. The molecule has 49 heavy (non-hydrogen) atoms. The van der Waals surface area contributed by atoms with Crippen molar-refractivity contribution in [2.75, 3.05) is 18.0 Å². The predicted octanol–water partition coefficient (Wildman–Crippen LogP) is 8.33. The molecule has 3 aliphatic rings. The van der Waals surface area contributed by atoms with Crippen molar-refractivity contribution in [2.24, 2.45) is 0 Å². The summed E-state index contributed by atoms with van der Waals surface area (Å²) in [5.74, 6) is -0.956. The van der Waals surface area contributed by atoms with Gasteiger partial charge in [-0.25, -0.2) is 0 Å². The Morgan fingerprint density at radius 1 is 1.04 bits per heavy atom. The summed E-state index contributed by atoms with van der Waals surface area (Å²) in [5, 5.41) is 24.9. The fraction of sp³-hybridized carbons (Fsp3) is 0.302. The van der Waals surface area contributed by atoms with Gasteiger partial charge >= 0.3 is 5.97 Å². The van der Waals surface area contributed by atoms with Crippen LogP contribution in [-0.2, 0) is 20.4 Å². The molecule has 0 saturated carbocycles. The fourth-order valence-electron chi connectivity index (χ4n) is 7.59. The van der Waals surface area contributed by atoms with E-state index in [9.17, 15) is 14.7 Å². The van der Waals surface area contributed by atoms with E-state index in [2.05, 4.69) is 105 Å². The summed E-state index contributed by atoms with van der Waals surface area (Å²) >= 11 is 0. The largest absolute Gasteiger partial charge is 0.506 e. The van der Waals surface area contributed by atoms with Gasteiger partial charge in [0.25, 0.3) is 0 Å². The molecule has 3 aromatic rings. The van der Waals surface area contributed by atoms with Gasteiger partial charge in [-0.05, 0) is 96.2 Å². The molecule has 0 spiro atoms. The molecule has 6 nitrogen and oxygen atoms in total. The number of hydrogen-bond acceptors (Lipinski definition) is 4. The standard InChI is InChI=1S/C43H44N2O4/c1-7-45-35-23-21-29-16-11-13-18-31(29)39(35)43(5,6)36(45)26-33-40(48)32(41(33)49)25-27(2)42(3,4)38-30-17-12-10-15-28(30)20-22-34(38)44-24-14-8-9-19-37(46)47/h11,13,15-18,20-23,25-26,44,48H,2,7-9,14,19,24H2,1,3-6H3,(H,46,47)/p+1/b32-25-,36-26+. The van der Waals surface area contributed by atoms with Crippen molar-refractivity contribution in [3.63, 3.8) is 0 Å². The van der Waals surface area contributed by atoms with Crippen LogP contribution in [0.3, 0.4) is 0 Å². The summed E-state index contributed by atoms with van der Waals surface area (Å²) in [6.07, 6.45) is 10.1. The molecule has 2 aliphatic carbocycles. The third-order valence-corrected chi connectivity index (χ3v) is 10.4. The molecule has 0 bridgehead atoms. The highest BCUT2D eigenvalue weighted by molar-refractivity contribution is 6.21. The first kappa shape index (κ1) is 33.8. The molecule has 0 radical (unpaired) electrons. The van der Waals surface area contributed by atoms with Crippen molar-refractivity contribution in [2.45, 2.75) is 71.1 Å². The molecule has 0 amide bonds. The van der Waals surface area contributed by atoms with Crippen LogP contribution in [0.4, 0.5) is 11.4 Å². The predicted molar refractivity (Wildman–Crippen MR) is 198 cm³/mol. The first-order chi connectivity index (χ1) is 23.4. The van der Waals surface area contributed by atoms with Crippen molar-refractivity contribution in [3.05, 3.63) is 129 Å². The van der Waals surface area contributed by atoms with E-state index >= 15 is 0 Å². The average Bonchev–Trinajstić information content (AvgIpc) is 3.31. The number of nitrogens with two attached hydrogens (primary N) is 1. The van der Waals surface area contributed by atoms with Gasteiger partial charge in [-0.2, -0.15) is 0 Å². The van der Waals surface area contributed by atoms with Crippen LogP contribution in [0.15, 0.2) is 107 Å². The number of nitrogens with zero attached hydrogens (tertiary/aromatic N) is 1. The van der Waals surface area contributed by atoms with E-state index in [1.165, 1.54) is 16.3 Å². The number of anilines is 1. The normalized spacial score (nSPS) is 17.7. The summed E-state index contributed by atoms with van der Waals surface area (Å²) < 4.78 is 0.